The smallest absolute Gasteiger partial charge is 0.417 e. The van der Waals surface area contributed by atoms with Gasteiger partial charge in [0, 0.05) is 6.20 Å². The van der Waals surface area contributed by atoms with Crippen LogP contribution >= 0.6 is 11.6 Å². The average molecular weight is 350 g/mol. The quantitative estimate of drug-likeness (QED) is 0.733. The zero-order chi connectivity index (χ0) is 17.7. The molecule has 0 bridgehead atoms. The number of nitrogens with zero attached hydrogens (tertiary/aromatic N) is 3. The van der Waals surface area contributed by atoms with Crippen molar-refractivity contribution in [2.45, 2.75) is 6.18 Å². The third kappa shape index (κ3) is 4.25. The second-order valence-electron chi connectivity index (χ2n) is 4.46. The van der Waals surface area contributed by atoms with Crippen molar-refractivity contribution in [2.24, 2.45) is 0 Å². The summed E-state index contributed by atoms with van der Waals surface area (Å²) in [5, 5.41) is 17.1. The van der Waals surface area contributed by atoms with Gasteiger partial charge in [0.15, 0.2) is 0 Å². The number of rotatable bonds is 3. The van der Waals surface area contributed by atoms with Gasteiger partial charge in [0.2, 0.25) is 5.88 Å². The van der Waals surface area contributed by atoms with Gasteiger partial charge in [-0.05, 0) is 29.8 Å². The molecule has 0 aliphatic carbocycles. The lowest BCUT2D eigenvalue weighted by atomic mass is 10.1. The van der Waals surface area contributed by atoms with Crippen LogP contribution in [-0.4, -0.2) is 4.98 Å². The summed E-state index contributed by atoms with van der Waals surface area (Å²) < 4.78 is 43.0. The van der Waals surface area contributed by atoms with Gasteiger partial charge in [-0.2, -0.15) is 23.7 Å². The van der Waals surface area contributed by atoms with E-state index in [2.05, 4.69) is 4.98 Å². The van der Waals surface area contributed by atoms with Crippen LogP contribution < -0.4 is 4.74 Å². The van der Waals surface area contributed by atoms with E-state index in [0.717, 1.165) is 6.07 Å². The first-order chi connectivity index (χ1) is 11.3. The molecular weight excluding hydrogens is 343 g/mol. The number of allylic oxidation sites excluding steroid dienone is 1. The highest BCUT2D eigenvalue weighted by Crippen LogP contribution is 2.34. The molecule has 0 unspecified atom stereocenters. The summed E-state index contributed by atoms with van der Waals surface area (Å²) in [6.07, 6.45) is -2.53. The largest absolute Gasteiger partial charge is 0.438 e. The molecule has 0 aliphatic rings. The van der Waals surface area contributed by atoms with Gasteiger partial charge in [-0.15, -0.1) is 0 Å². The van der Waals surface area contributed by atoms with E-state index in [1.54, 1.807) is 24.3 Å². The molecule has 2 aromatic rings. The van der Waals surface area contributed by atoms with Crippen LogP contribution in [0.2, 0.25) is 5.02 Å². The molecule has 0 atom stereocenters. The third-order valence-corrected chi connectivity index (χ3v) is 3.05. The van der Waals surface area contributed by atoms with E-state index in [0.29, 0.717) is 11.8 Å². The lowest BCUT2D eigenvalue weighted by molar-refractivity contribution is -0.137. The summed E-state index contributed by atoms with van der Waals surface area (Å²) in [4.78, 5) is 3.57. The zero-order valence-electron chi connectivity index (χ0n) is 11.8. The second-order valence-corrected chi connectivity index (χ2v) is 4.87. The lowest BCUT2D eigenvalue weighted by Gasteiger charge is -2.10. The lowest BCUT2D eigenvalue weighted by Crippen LogP contribution is -2.05. The molecule has 1 aromatic heterocycles. The van der Waals surface area contributed by atoms with Crippen molar-refractivity contribution >= 4 is 17.7 Å². The Morgan fingerprint density at radius 3 is 2.29 bits per heavy atom. The van der Waals surface area contributed by atoms with Gasteiger partial charge in [0.05, 0.1) is 5.56 Å². The first kappa shape index (κ1) is 17.3. The molecule has 0 saturated heterocycles. The minimum absolute atomic E-state index is 0.0591. The predicted molar refractivity (Wildman–Crippen MR) is 80.0 cm³/mol. The second kappa shape index (κ2) is 7.03. The molecule has 0 fully saturated rings. The van der Waals surface area contributed by atoms with Crippen molar-refractivity contribution in [1.29, 1.82) is 10.5 Å². The molecule has 4 nitrogen and oxygen atoms in total. The van der Waals surface area contributed by atoms with Crippen molar-refractivity contribution in [3.63, 3.8) is 0 Å². The monoisotopic (exact) mass is 349 g/mol. The maximum absolute atomic E-state index is 12.5. The van der Waals surface area contributed by atoms with Crippen LogP contribution in [0.4, 0.5) is 13.2 Å². The van der Waals surface area contributed by atoms with Crippen LogP contribution in [0, 0.1) is 22.7 Å². The Morgan fingerprint density at radius 1 is 1.17 bits per heavy atom. The number of alkyl halides is 3. The summed E-state index contributed by atoms with van der Waals surface area (Å²) in [6, 6.07) is 10.3. The Kier molecular flexibility index (Phi) is 5.08. The highest BCUT2D eigenvalue weighted by atomic mass is 35.5. The first-order valence-electron chi connectivity index (χ1n) is 6.36. The van der Waals surface area contributed by atoms with E-state index in [1.807, 2.05) is 0 Å². The van der Waals surface area contributed by atoms with E-state index >= 15 is 0 Å². The van der Waals surface area contributed by atoms with Crippen LogP contribution in [-0.2, 0) is 6.18 Å². The number of nitriles is 2. The summed E-state index contributed by atoms with van der Waals surface area (Å²) >= 11 is 5.75. The maximum atomic E-state index is 12.5. The van der Waals surface area contributed by atoms with E-state index in [9.17, 15) is 13.2 Å². The van der Waals surface area contributed by atoms with Crippen LogP contribution in [0.1, 0.15) is 11.1 Å². The minimum Gasteiger partial charge on any atom is -0.438 e. The van der Waals surface area contributed by atoms with Crippen LogP contribution in [0.15, 0.2) is 42.1 Å². The standard InChI is InChI=1S/C16H7ClF3N3O/c17-14-6-12(16(18,19)20)9-23-15(14)24-13-3-1-10(2-4-13)5-11(7-21)8-22/h1-6,9H. The van der Waals surface area contributed by atoms with Crippen molar-refractivity contribution in [1.82, 2.24) is 4.98 Å². The Balaban J connectivity index is 2.20. The fourth-order valence-electron chi connectivity index (χ4n) is 1.66. The van der Waals surface area contributed by atoms with Gasteiger partial charge in [0.25, 0.3) is 0 Å². The molecule has 120 valence electrons. The molecular formula is C16H7ClF3N3O. The number of aromatic nitrogens is 1. The first-order valence-corrected chi connectivity index (χ1v) is 6.74. The van der Waals surface area contributed by atoms with Crippen LogP contribution in [0.25, 0.3) is 6.08 Å². The number of benzene rings is 1. The average Bonchev–Trinajstić information content (AvgIpc) is 2.55. The molecule has 0 N–H and O–H groups in total. The Labute approximate surface area is 140 Å². The zero-order valence-corrected chi connectivity index (χ0v) is 12.6. The maximum Gasteiger partial charge on any atom is 0.417 e. The highest BCUT2D eigenvalue weighted by Gasteiger charge is 2.31. The molecule has 0 radical (unpaired) electrons. The van der Waals surface area contributed by atoms with Crippen molar-refractivity contribution in [3.05, 3.63) is 58.3 Å². The minimum atomic E-state index is -4.54. The molecule has 8 heteroatoms. The SMILES string of the molecule is N#CC(C#N)=Cc1ccc(Oc2ncc(C(F)(F)F)cc2Cl)cc1. The molecule has 1 aromatic carbocycles. The molecule has 1 heterocycles. The van der Waals surface area contributed by atoms with Gasteiger partial charge in [0.1, 0.15) is 28.5 Å². The third-order valence-electron chi connectivity index (χ3n) is 2.78. The summed E-state index contributed by atoms with van der Waals surface area (Å²) in [6.45, 7) is 0. The predicted octanol–water partition coefficient (Wildman–Crippen LogP) is 4.98. The van der Waals surface area contributed by atoms with Gasteiger partial charge >= 0.3 is 6.18 Å². The number of hydrogen-bond acceptors (Lipinski definition) is 4. The molecule has 0 amide bonds. The van der Waals surface area contributed by atoms with Gasteiger partial charge in [-0.1, -0.05) is 23.7 Å². The summed E-state index contributed by atoms with van der Waals surface area (Å²) in [5.41, 5.74) is -0.441. The normalized spacial score (nSPS) is 10.4. The number of ether oxygens (including phenoxy) is 1. The van der Waals surface area contributed by atoms with Gasteiger partial charge in [-0.3, -0.25) is 0 Å². The van der Waals surface area contributed by atoms with Crippen molar-refractivity contribution in [3.8, 4) is 23.8 Å². The molecule has 0 spiro atoms. The Bertz CT molecular complexity index is 846. The molecule has 24 heavy (non-hydrogen) atoms. The van der Waals surface area contributed by atoms with E-state index in [1.165, 1.54) is 18.2 Å². The van der Waals surface area contributed by atoms with E-state index < -0.39 is 11.7 Å². The van der Waals surface area contributed by atoms with Gasteiger partial charge in [-0.25, -0.2) is 4.98 Å². The Hall–Kier alpha value is -3.03. The topological polar surface area (TPSA) is 69.7 Å². The summed E-state index contributed by atoms with van der Waals surface area (Å²) in [7, 11) is 0. The van der Waals surface area contributed by atoms with Crippen molar-refractivity contribution in [2.75, 3.05) is 0 Å². The molecule has 0 aliphatic heterocycles. The number of halogens is 4. The fourth-order valence-corrected chi connectivity index (χ4v) is 1.86. The van der Waals surface area contributed by atoms with Crippen LogP contribution in [0.3, 0.4) is 0 Å². The van der Waals surface area contributed by atoms with Crippen molar-refractivity contribution < 1.29 is 17.9 Å². The number of hydrogen-bond donors (Lipinski definition) is 0. The Morgan fingerprint density at radius 2 is 1.79 bits per heavy atom. The van der Waals surface area contributed by atoms with Crippen LogP contribution in [0.5, 0.6) is 11.6 Å². The summed E-state index contributed by atoms with van der Waals surface area (Å²) in [5.74, 6) is 0.125. The van der Waals surface area contributed by atoms with E-state index in [-0.39, 0.29) is 22.2 Å². The van der Waals surface area contributed by atoms with E-state index in [4.69, 9.17) is 26.9 Å². The molecule has 0 saturated carbocycles. The van der Waals surface area contributed by atoms with Gasteiger partial charge < -0.3 is 4.74 Å². The number of pyridine rings is 1. The highest BCUT2D eigenvalue weighted by molar-refractivity contribution is 6.31. The fraction of sp³-hybridized carbons (Fsp3) is 0.0625. The molecule has 2 rings (SSSR count).